The van der Waals surface area contributed by atoms with Gasteiger partial charge in [0.1, 0.15) is 0 Å². The Morgan fingerprint density at radius 3 is 2.21 bits per heavy atom. The number of methoxy groups -OCH3 is 1. The highest BCUT2D eigenvalue weighted by Gasteiger charge is 2.35. The molecule has 0 fully saturated rings. The fraction of sp³-hybridized carbons (Fsp3) is 0.435. The van der Waals surface area contributed by atoms with Gasteiger partial charge < -0.3 is 19.8 Å². The predicted octanol–water partition coefficient (Wildman–Crippen LogP) is 4.50. The summed E-state index contributed by atoms with van der Waals surface area (Å²) in [5.74, 6) is 0. The minimum atomic E-state index is -1.26. The van der Waals surface area contributed by atoms with Gasteiger partial charge in [-0.05, 0) is 49.9 Å². The number of aliphatic hydroxyl groups is 2. The summed E-state index contributed by atoms with van der Waals surface area (Å²) in [6.07, 6.45) is 0.695. The molecule has 1 amide bonds. The van der Waals surface area contributed by atoms with Crippen molar-refractivity contribution in [2.24, 2.45) is 0 Å². The summed E-state index contributed by atoms with van der Waals surface area (Å²) in [7, 11) is 1.36. The van der Waals surface area contributed by atoms with Gasteiger partial charge in [-0.3, -0.25) is 0 Å². The highest BCUT2D eigenvalue weighted by Crippen LogP contribution is 2.34. The molecule has 0 bridgehead atoms. The number of hydrogen-bond donors (Lipinski definition) is 2. The second-order valence-electron chi connectivity index (χ2n) is 7.97. The predicted molar refractivity (Wildman–Crippen MR) is 118 cm³/mol. The van der Waals surface area contributed by atoms with E-state index in [0.29, 0.717) is 19.5 Å². The molecule has 2 aromatic rings. The lowest BCUT2D eigenvalue weighted by Gasteiger charge is -2.35. The van der Waals surface area contributed by atoms with Gasteiger partial charge >= 0.3 is 6.09 Å². The van der Waals surface area contributed by atoms with Gasteiger partial charge in [-0.2, -0.15) is 0 Å². The summed E-state index contributed by atoms with van der Waals surface area (Å²) in [5, 5.41) is 21.7. The van der Waals surface area contributed by atoms with Crippen molar-refractivity contribution in [3.05, 3.63) is 70.2 Å². The number of rotatable bonds is 9. The smallest absolute Gasteiger partial charge is 0.409 e. The molecule has 0 spiro atoms. The lowest BCUT2D eigenvalue weighted by atomic mass is 9.81. The number of benzene rings is 2. The molecule has 2 aromatic carbocycles. The quantitative estimate of drug-likeness (QED) is 0.574. The van der Waals surface area contributed by atoms with Crippen molar-refractivity contribution in [3.63, 3.8) is 0 Å². The van der Waals surface area contributed by atoms with E-state index in [1.807, 2.05) is 54.6 Å². The highest BCUT2D eigenvalue weighted by molar-refractivity contribution is 9.10. The maximum atomic E-state index is 12.3. The Hall–Kier alpha value is -1.89. The number of ether oxygens (including phenoxy) is 1. The van der Waals surface area contributed by atoms with Gasteiger partial charge in [-0.1, -0.05) is 58.4 Å². The molecule has 0 aliphatic heterocycles. The van der Waals surface area contributed by atoms with Gasteiger partial charge in [0.15, 0.2) is 0 Å². The Labute approximate surface area is 181 Å². The van der Waals surface area contributed by atoms with Crippen LogP contribution in [0.5, 0.6) is 0 Å². The SMILES string of the molecule is COC(=O)N(CCc1ccc(Br)cc1)CC[C@](O)(CC(C)(C)O)c1ccccc1. The second-order valence-corrected chi connectivity index (χ2v) is 8.89. The first kappa shape index (κ1) is 23.4. The molecule has 2 rings (SSSR count). The molecular weight excluding hydrogens is 434 g/mol. The van der Waals surface area contributed by atoms with Crippen molar-refractivity contribution in [2.75, 3.05) is 20.2 Å². The summed E-state index contributed by atoms with van der Waals surface area (Å²) in [6, 6.07) is 17.2. The van der Waals surface area contributed by atoms with Crippen LogP contribution in [0.15, 0.2) is 59.1 Å². The van der Waals surface area contributed by atoms with Crippen molar-refractivity contribution < 1.29 is 19.7 Å². The third kappa shape index (κ3) is 7.46. The van der Waals surface area contributed by atoms with E-state index in [1.165, 1.54) is 7.11 Å². The van der Waals surface area contributed by atoms with Crippen LogP contribution < -0.4 is 0 Å². The number of nitrogens with zero attached hydrogens (tertiary/aromatic N) is 1. The van der Waals surface area contributed by atoms with Crippen LogP contribution in [0.25, 0.3) is 0 Å². The first-order valence-electron chi connectivity index (χ1n) is 9.71. The molecular formula is C23H30BrNO4. The number of carbonyl (C=O) groups is 1. The second kappa shape index (κ2) is 10.2. The Bertz CT molecular complexity index is 774. The zero-order valence-corrected chi connectivity index (χ0v) is 18.9. The van der Waals surface area contributed by atoms with Crippen molar-refractivity contribution in [3.8, 4) is 0 Å². The van der Waals surface area contributed by atoms with E-state index in [4.69, 9.17) is 4.74 Å². The van der Waals surface area contributed by atoms with Crippen LogP contribution in [0.4, 0.5) is 4.79 Å². The normalized spacial score (nSPS) is 13.6. The summed E-state index contributed by atoms with van der Waals surface area (Å²) in [4.78, 5) is 13.9. The molecule has 0 aromatic heterocycles. The van der Waals surface area contributed by atoms with Gasteiger partial charge in [0.2, 0.25) is 0 Å². The van der Waals surface area contributed by atoms with Crippen LogP contribution in [-0.2, 0) is 16.8 Å². The van der Waals surface area contributed by atoms with Gasteiger partial charge in [-0.15, -0.1) is 0 Å². The first-order valence-corrected chi connectivity index (χ1v) is 10.5. The molecule has 0 radical (unpaired) electrons. The topological polar surface area (TPSA) is 70.0 Å². The molecule has 2 N–H and O–H groups in total. The Morgan fingerprint density at radius 2 is 1.66 bits per heavy atom. The van der Waals surface area contributed by atoms with E-state index in [9.17, 15) is 15.0 Å². The van der Waals surface area contributed by atoms with Crippen molar-refractivity contribution in [2.45, 2.75) is 44.3 Å². The third-order valence-corrected chi connectivity index (χ3v) is 5.38. The fourth-order valence-corrected chi connectivity index (χ4v) is 3.72. The molecule has 1 atom stereocenters. The minimum Gasteiger partial charge on any atom is -0.453 e. The standard InChI is InChI=1S/C23H30BrNO4/c1-22(2,27)17-23(28,19-7-5-4-6-8-19)14-16-25(21(26)29-3)15-13-18-9-11-20(24)12-10-18/h4-12,27-28H,13-17H2,1-3H3/t23-/m0/s1. The van der Waals surface area contributed by atoms with Crippen LogP contribution in [0.1, 0.15) is 37.8 Å². The zero-order valence-electron chi connectivity index (χ0n) is 17.3. The van der Waals surface area contributed by atoms with Crippen LogP contribution in [-0.4, -0.2) is 47.0 Å². The molecule has 29 heavy (non-hydrogen) atoms. The van der Waals surface area contributed by atoms with Gasteiger partial charge in [0.05, 0.1) is 18.3 Å². The molecule has 0 unspecified atom stereocenters. The zero-order chi connectivity index (χ0) is 21.5. The average molecular weight is 464 g/mol. The van der Waals surface area contributed by atoms with Crippen LogP contribution in [0, 0.1) is 0 Å². The molecule has 0 aliphatic carbocycles. The number of amides is 1. The molecule has 6 heteroatoms. The van der Waals surface area contributed by atoms with E-state index >= 15 is 0 Å². The van der Waals surface area contributed by atoms with Crippen molar-refractivity contribution in [1.29, 1.82) is 0 Å². The maximum Gasteiger partial charge on any atom is 0.409 e. The van der Waals surface area contributed by atoms with Crippen LogP contribution >= 0.6 is 15.9 Å². The van der Waals surface area contributed by atoms with Gasteiger partial charge in [-0.25, -0.2) is 4.79 Å². The van der Waals surface area contributed by atoms with E-state index in [-0.39, 0.29) is 12.8 Å². The number of hydrogen-bond acceptors (Lipinski definition) is 4. The Balaban J connectivity index is 2.13. The minimum absolute atomic E-state index is 0.158. The van der Waals surface area contributed by atoms with E-state index in [1.54, 1.807) is 18.7 Å². The maximum absolute atomic E-state index is 12.3. The Morgan fingerprint density at radius 1 is 1.03 bits per heavy atom. The van der Waals surface area contributed by atoms with Crippen LogP contribution in [0.2, 0.25) is 0 Å². The molecule has 0 heterocycles. The third-order valence-electron chi connectivity index (χ3n) is 4.85. The largest absolute Gasteiger partial charge is 0.453 e. The van der Waals surface area contributed by atoms with E-state index in [2.05, 4.69) is 15.9 Å². The Kier molecular flexibility index (Phi) is 8.25. The van der Waals surface area contributed by atoms with E-state index < -0.39 is 17.3 Å². The summed E-state index contributed by atoms with van der Waals surface area (Å²) >= 11 is 3.42. The van der Waals surface area contributed by atoms with Crippen molar-refractivity contribution in [1.82, 2.24) is 4.90 Å². The van der Waals surface area contributed by atoms with E-state index in [0.717, 1.165) is 15.6 Å². The summed E-state index contributed by atoms with van der Waals surface area (Å²) in [5.41, 5.74) is -0.488. The van der Waals surface area contributed by atoms with Crippen LogP contribution in [0.3, 0.4) is 0 Å². The summed E-state index contributed by atoms with van der Waals surface area (Å²) < 4.78 is 5.95. The average Bonchev–Trinajstić information content (AvgIpc) is 2.68. The number of carbonyl (C=O) groups excluding carboxylic acids is 1. The monoisotopic (exact) mass is 463 g/mol. The lowest BCUT2D eigenvalue weighted by molar-refractivity contribution is -0.0590. The van der Waals surface area contributed by atoms with Gasteiger partial charge in [0, 0.05) is 24.0 Å². The molecule has 5 nitrogen and oxygen atoms in total. The first-order chi connectivity index (χ1) is 13.6. The number of halogens is 1. The van der Waals surface area contributed by atoms with Crippen molar-refractivity contribution >= 4 is 22.0 Å². The fourth-order valence-electron chi connectivity index (χ4n) is 3.46. The summed E-state index contributed by atoms with van der Waals surface area (Å²) in [6.45, 7) is 4.13. The lowest BCUT2D eigenvalue weighted by Crippen LogP contribution is -2.41. The van der Waals surface area contributed by atoms with Gasteiger partial charge in [0.25, 0.3) is 0 Å². The molecule has 0 aliphatic rings. The molecule has 158 valence electrons. The molecule has 0 saturated heterocycles. The highest BCUT2D eigenvalue weighted by atomic mass is 79.9. The molecule has 0 saturated carbocycles.